The Morgan fingerprint density at radius 1 is 1.04 bits per heavy atom. The minimum absolute atomic E-state index is 0.0780. The van der Waals surface area contributed by atoms with Gasteiger partial charge < -0.3 is 5.11 Å². The maximum atomic E-state index is 12.3. The van der Waals surface area contributed by atoms with E-state index in [-0.39, 0.29) is 5.56 Å². The van der Waals surface area contributed by atoms with Crippen LogP contribution in [0.3, 0.4) is 0 Å². The maximum Gasteiger partial charge on any atom is 0.335 e. The minimum Gasteiger partial charge on any atom is -0.493 e. The summed E-state index contributed by atoms with van der Waals surface area (Å²) in [6, 6.07) is 13.0. The minimum atomic E-state index is -0.704. The number of rotatable bonds is 4. The van der Waals surface area contributed by atoms with Gasteiger partial charge in [0.15, 0.2) is 0 Å². The molecule has 0 spiro atoms. The lowest BCUT2D eigenvalue weighted by molar-refractivity contribution is 0.430. The van der Waals surface area contributed by atoms with Gasteiger partial charge in [-0.15, -0.1) is 0 Å². The quantitative estimate of drug-likeness (QED) is 0.679. The highest BCUT2D eigenvalue weighted by atomic mass is 16.3. The average molecular weight is 377 g/mol. The van der Waals surface area contributed by atoms with E-state index in [2.05, 4.69) is 23.8 Å². The van der Waals surface area contributed by atoms with Gasteiger partial charge >= 0.3 is 5.69 Å². The predicted molar refractivity (Wildman–Crippen MR) is 112 cm³/mol. The van der Waals surface area contributed by atoms with Gasteiger partial charge in [0.2, 0.25) is 5.88 Å². The molecule has 3 rings (SSSR count). The zero-order chi connectivity index (χ0) is 20.4. The normalized spacial score (nSPS) is 11.5. The van der Waals surface area contributed by atoms with Crippen molar-refractivity contribution in [3.8, 4) is 11.6 Å². The second-order valence-electron chi connectivity index (χ2n) is 7.10. The standard InChI is InChI=1S/C22H23N3O3/c1-13(2)16-6-8-17(9-7-16)23-12-19-20(26)24-22(28)25(21(19)27)18-10-5-14(3)15(4)11-18/h5-13,27H,1-4H3,(H,24,26,28). The fourth-order valence-corrected chi connectivity index (χ4v) is 2.84. The smallest absolute Gasteiger partial charge is 0.335 e. The third-order valence-corrected chi connectivity index (χ3v) is 4.77. The lowest BCUT2D eigenvalue weighted by Crippen LogP contribution is -2.31. The summed E-state index contributed by atoms with van der Waals surface area (Å²) in [5.74, 6) is -0.0361. The van der Waals surface area contributed by atoms with Gasteiger partial charge in [-0.05, 0) is 60.7 Å². The van der Waals surface area contributed by atoms with Crippen molar-refractivity contribution in [2.24, 2.45) is 4.99 Å². The molecule has 0 saturated carbocycles. The fourth-order valence-electron chi connectivity index (χ4n) is 2.84. The first-order valence-electron chi connectivity index (χ1n) is 9.08. The van der Waals surface area contributed by atoms with Crippen LogP contribution in [0.25, 0.3) is 5.69 Å². The summed E-state index contributed by atoms with van der Waals surface area (Å²) >= 11 is 0. The Hall–Kier alpha value is -3.41. The first-order valence-corrected chi connectivity index (χ1v) is 9.08. The molecule has 0 unspecified atom stereocenters. The van der Waals surface area contributed by atoms with Crippen molar-refractivity contribution in [1.82, 2.24) is 9.55 Å². The molecule has 6 heteroatoms. The number of nitrogens with zero attached hydrogens (tertiary/aromatic N) is 2. The number of aliphatic imine (C=N–C) groups is 1. The zero-order valence-electron chi connectivity index (χ0n) is 16.4. The summed E-state index contributed by atoms with van der Waals surface area (Å²) in [4.78, 5) is 31.0. The third kappa shape index (κ3) is 3.81. The van der Waals surface area contributed by atoms with E-state index < -0.39 is 17.1 Å². The third-order valence-electron chi connectivity index (χ3n) is 4.77. The topological polar surface area (TPSA) is 87.4 Å². The summed E-state index contributed by atoms with van der Waals surface area (Å²) in [5.41, 5.74) is 2.86. The first kappa shape index (κ1) is 19.4. The van der Waals surface area contributed by atoms with Crippen LogP contribution in [0.2, 0.25) is 0 Å². The van der Waals surface area contributed by atoms with E-state index in [0.29, 0.717) is 17.3 Å². The van der Waals surface area contributed by atoms with Crippen LogP contribution >= 0.6 is 0 Å². The van der Waals surface area contributed by atoms with E-state index in [9.17, 15) is 14.7 Å². The molecule has 0 atom stereocenters. The van der Waals surface area contributed by atoms with Crippen molar-refractivity contribution >= 4 is 11.9 Å². The highest BCUT2D eigenvalue weighted by molar-refractivity contribution is 5.84. The number of aromatic nitrogens is 2. The fraction of sp³-hybridized carbons (Fsp3) is 0.227. The van der Waals surface area contributed by atoms with E-state index in [4.69, 9.17) is 0 Å². The Bertz CT molecular complexity index is 1150. The molecule has 2 N–H and O–H groups in total. The number of aromatic hydroxyl groups is 1. The molecule has 28 heavy (non-hydrogen) atoms. The molecule has 0 radical (unpaired) electrons. The molecule has 6 nitrogen and oxygen atoms in total. The number of aromatic amines is 1. The molecule has 144 valence electrons. The molecule has 0 amide bonds. The molecule has 3 aromatic rings. The van der Waals surface area contributed by atoms with Crippen molar-refractivity contribution in [3.05, 3.63) is 85.6 Å². The van der Waals surface area contributed by atoms with Crippen LogP contribution < -0.4 is 11.2 Å². The lowest BCUT2D eigenvalue weighted by Gasteiger charge is -2.11. The van der Waals surface area contributed by atoms with E-state index in [1.54, 1.807) is 12.1 Å². The largest absolute Gasteiger partial charge is 0.493 e. The van der Waals surface area contributed by atoms with Crippen molar-refractivity contribution in [1.29, 1.82) is 0 Å². The Labute approximate surface area is 162 Å². The van der Waals surface area contributed by atoms with Gasteiger partial charge in [-0.2, -0.15) is 0 Å². The van der Waals surface area contributed by atoms with Gasteiger partial charge in [-0.1, -0.05) is 32.0 Å². The molecule has 0 fully saturated rings. The van der Waals surface area contributed by atoms with E-state index in [1.807, 2.05) is 44.2 Å². The van der Waals surface area contributed by atoms with Gasteiger partial charge in [0.25, 0.3) is 5.56 Å². The number of benzene rings is 2. The summed E-state index contributed by atoms with van der Waals surface area (Å²) < 4.78 is 1.07. The molecule has 1 aromatic heterocycles. The first-order chi connectivity index (χ1) is 13.3. The van der Waals surface area contributed by atoms with Crippen LogP contribution in [0.4, 0.5) is 5.69 Å². The van der Waals surface area contributed by atoms with E-state index in [0.717, 1.165) is 15.7 Å². The molecule has 0 aliphatic heterocycles. The monoisotopic (exact) mass is 377 g/mol. The Morgan fingerprint density at radius 2 is 1.71 bits per heavy atom. The van der Waals surface area contributed by atoms with Gasteiger partial charge in [0.1, 0.15) is 5.56 Å². The van der Waals surface area contributed by atoms with Crippen LogP contribution in [0.1, 0.15) is 42.0 Å². The second-order valence-corrected chi connectivity index (χ2v) is 7.10. The van der Waals surface area contributed by atoms with Crippen LogP contribution in [-0.4, -0.2) is 20.9 Å². The van der Waals surface area contributed by atoms with Gasteiger partial charge in [0.05, 0.1) is 11.4 Å². The SMILES string of the molecule is Cc1ccc(-n2c(O)c(C=Nc3ccc(C(C)C)cc3)c(=O)[nH]c2=O)cc1C. The summed E-state index contributed by atoms with van der Waals surface area (Å²) in [6.07, 6.45) is 1.27. The molecule has 0 bridgehead atoms. The van der Waals surface area contributed by atoms with Crippen molar-refractivity contribution < 1.29 is 5.11 Å². The number of H-pyrrole nitrogens is 1. The lowest BCUT2D eigenvalue weighted by atomic mass is 10.0. The predicted octanol–water partition coefficient (Wildman–Crippen LogP) is 3.72. The van der Waals surface area contributed by atoms with Crippen molar-refractivity contribution in [3.63, 3.8) is 0 Å². The van der Waals surface area contributed by atoms with E-state index >= 15 is 0 Å². The van der Waals surface area contributed by atoms with Crippen molar-refractivity contribution in [2.45, 2.75) is 33.6 Å². The van der Waals surface area contributed by atoms with Crippen molar-refractivity contribution in [2.75, 3.05) is 0 Å². The van der Waals surface area contributed by atoms with Gasteiger partial charge in [-0.25, -0.2) is 9.36 Å². The van der Waals surface area contributed by atoms with Gasteiger partial charge in [-0.3, -0.25) is 14.8 Å². The van der Waals surface area contributed by atoms with Crippen LogP contribution in [0.5, 0.6) is 5.88 Å². The highest BCUT2D eigenvalue weighted by Crippen LogP contribution is 2.21. The summed E-state index contributed by atoms with van der Waals surface area (Å²) in [7, 11) is 0. The zero-order valence-corrected chi connectivity index (χ0v) is 16.4. The molecular formula is C22H23N3O3. The highest BCUT2D eigenvalue weighted by Gasteiger charge is 2.14. The number of hydrogen-bond acceptors (Lipinski definition) is 4. The number of aryl methyl sites for hydroxylation is 2. The van der Waals surface area contributed by atoms with E-state index in [1.165, 1.54) is 11.8 Å². The molecule has 0 aliphatic rings. The Morgan fingerprint density at radius 3 is 2.32 bits per heavy atom. The van der Waals surface area contributed by atoms with Gasteiger partial charge in [0, 0.05) is 6.21 Å². The Kier molecular flexibility index (Phi) is 5.31. The molecule has 2 aromatic carbocycles. The molecular weight excluding hydrogens is 354 g/mol. The van der Waals surface area contributed by atoms with Crippen LogP contribution in [0.15, 0.2) is 57.0 Å². The molecule has 0 saturated heterocycles. The summed E-state index contributed by atoms with van der Waals surface area (Å²) in [5, 5.41) is 10.6. The number of nitrogens with one attached hydrogen (secondary N) is 1. The second kappa shape index (κ2) is 7.68. The summed E-state index contributed by atoms with van der Waals surface area (Å²) in [6.45, 7) is 8.07. The van der Waals surface area contributed by atoms with Crippen LogP contribution in [-0.2, 0) is 0 Å². The maximum absolute atomic E-state index is 12.3. The van der Waals surface area contributed by atoms with Crippen LogP contribution in [0, 0.1) is 13.8 Å². The number of hydrogen-bond donors (Lipinski definition) is 2. The molecule has 0 aliphatic carbocycles. The Balaban J connectivity index is 2.05. The molecule has 1 heterocycles. The average Bonchev–Trinajstić information content (AvgIpc) is 2.64.